The number of halogens is 1. The average molecular weight is 526 g/mol. The molecule has 1 aliphatic heterocycles. The minimum Gasteiger partial charge on any atom is -0.465 e. The molecule has 0 bridgehead atoms. The number of nitrogens with two attached hydrogens (primary N) is 1. The fourth-order valence-corrected chi connectivity index (χ4v) is 5.57. The largest absolute Gasteiger partial charge is 0.465 e. The smallest absolute Gasteiger partial charge is 0.407 e. The summed E-state index contributed by atoms with van der Waals surface area (Å²) in [6.07, 6.45) is 1.82. The summed E-state index contributed by atoms with van der Waals surface area (Å²) in [4.78, 5) is 20.9. The van der Waals surface area contributed by atoms with Crippen LogP contribution < -0.4 is 10.5 Å². The SMILES string of the molecule is Nc1ncnc2c1c(-c1ccc(CNS(=O)(=O)c3ccccc3F)cc1)nn2[C@@H]1CCCN(C(=O)O)C1. The second-order valence-corrected chi connectivity index (χ2v) is 10.5. The molecule has 2 aromatic carbocycles. The van der Waals surface area contributed by atoms with E-state index in [1.165, 1.54) is 29.4 Å². The van der Waals surface area contributed by atoms with Gasteiger partial charge in [0.05, 0.1) is 11.4 Å². The second kappa shape index (κ2) is 9.75. The Morgan fingerprint density at radius 1 is 1.16 bits per heavy atom. The van der Waals surface area contributed by atoms with Gasteiger partial charge in [-0.15, -0.1) is 0 Å². The van der Waals surface area contributed by atoms with Gasteiger partial charge in [-0.25, -0.2) is 37.0 Å². The van der Waals surface area contributed by atoms with Gasteiger partial charge in [-0.1, -0.05) is 36.4 Å². The van der Waals surface area contributed by atoms with Crippen LogP contribution in [0.3, 0.4) is 0 Å². The summed E-state index contributed by atoms with van der Waals surface area (Å²) in [5.41, 5.74) is 8.60. The highest BCUT2D eigenvalue weighted by Crippen LogP contribution is 2.33. The molecule has 4 N–H and O–H groups in total. The van der Waals surface area contributed by atoms with E-state index in [0.717, 1.165) is 12.5 Å². The number of hydrogen-bond acceptors (Lipinski definition) is 7. The van der Waals surface area contributed by atoms with E-state index in [-0.39, 0.29) is 24.9 Å². The van der Waals surface area contributed by atoms with Crippen LogP contribution in [-0.4, -0.2) is 57.4 Å². The standard InChI is InChI=1S/C24H24FN7O4S/c25-18-5-1-2-6-19(18)37(35,36)29-12-15-7-9-16(10-8-15)21-20-22(26)27-14-28-23(20)32(30-21)17-4-3-11-31(13-17)24(33)34/h1-2,5-10,14,17,29H,3-4,11-13H2,(H,33,34)(H2,26,27,28)/t17-/m1/s1. The van der Waals surface area contributed by atoms with Crippen LogP contribution in [0.15, 0.2) is 59.8 Å². The lowest BCUT2D eigenvalue weighted by atomic mass is 10.1. The van der Waals surface area contributed by atoms with E-state index >= 15 is 0 Å². The Hall–Kier alpha value is -4.10. The van der Waals surface area contributed by atoms with E-state index < -0.39 is 26.8 Å². The molecule has 1 aliphatic rings. The fourth-order valence-electron chi connectivity index (χ4n) is 4.48. The van der Waals surface area contributed by atoms with Crippen molar-refractivity contribution in [3.8, 4) is 11.3 Å². The van der Waals surface area contributed by atoms with E-state index in [9.17, 15) is 22.7 Å². The summed E-state index contributed by atoms with van der Waals surface area (Å²) < 4.78 is 43.0. The number of aromatic nitrogens is 4. The Bertz CT molecular complexity index is 1570. The zero-order valence-electron chi connectivity index (χ0n) is 19.6. The summed E-state index contributed by atoms with van der Waals surface area (Å²) in [5.74, 6) is -0.573. The first-order chi connectivity index (χ1) is 17.7. The average Bonchev–Trinajstić information content (AvgIpc) is 3.29. The number of rotatable bonds is 6. The molecular weight excluding hydrogens is 501 g/mol. The number of hydrogen-bond donors (Lipinski definition) is 3. The van der Waals surface area contributed by atoms with E-state index in [1.807, 2.05) is 0 Å². The lowest BCUT2D eigenvalue weighted by Crippen LogP contribution is -2.40. The number of nitrogen functional groups attached to an aromatic ring is 1. The molecule has 1 atom stereocenters. The fraction of sp³-hybridized carbons (Fsp3) is 0.250. The second-order valence-electron chi connectivity index (χ2n) is 8.73. The van der Waals surface area contributed by atoms with Crippen molar-refractivity contribution in [3.05, 3.63) is 66.2 Å². The normalized spacial score (nSPS) is 16.2. The summed E-state index contributed by atoms with van der Waals surface area (Å²) in [5, 5.41) is 14.8. The number of amides is 1. The summed E-state index contributed by atoms with van der Waals surface area (Å²) in [6.45, 7) is 0.720. The van der Waals surface area contributed by atoms with Crippen LogP contribution in [0.1, 0.15) is 24.4 Å². The summed E-state index contributed by atoms with van der Waals surface area (Å²) >= 11 is 0. The van der Waals surface area contributed by atoms with Crippen LogP contribution >= 0.6 is 0 Å². The van der Waals surface area contributed by atoms with Crippen LogP contribution in [0.5, 0.6) is 0 Å². The van der Waals surface area contributed by atoms with Crippen LogP contribution in [0.4, 0.5) is 15.0 Å². The molecule has 1 saturated heterocycles. The topological polar surface area (TPSA) is 156 Å². The maximum Gasteiger partial charge on any atom is 0.407 e. The predicted octanol–water partition coefficient (Wildman–Crippen LogP) is 3.01. The molecule has 0 spiro atoms. The molecule has 0 aliphatic carbocycles. The zero-order valence-corrected chi connectivity index (χ0v) is 20.4. The van der Waals surface area contributed by atoms with Crippen LogP contribution in [0, 0.1) is 5.82 Å². The molecule has 0 saturated carbocycles. The van der Waals surface area contributed by atoms with Crippen molar-refractivity contribution in [2.45, 2.75) is 30.3 Å². The van der Waals surface area contributed by atoms with Crippen LogP contribution in [0.25, 0.3) is 22.3 Å². The third-order valence-electron chi connectivity index (χ3n) is 6.35. The third kappa shape index (κ3) is 4.82. The number of carboxylic acid groups (broad SMARTS) is 1. The van der Waals surface area contributed by atoms with Crippen molar-refractivity contribution in [2.24, 2.45) is 0 Å². The Kier molecular flexibility index (Phi) is 6.48. The Balaban J connectivity index is 1.42. The number of anilines is 1. The van der Waals surface area contributed by atoms with E-state index in [0.29, 0.717) is 40.8 Å². The van der Waals surface area contributed by atoms with E-state index in [2.05, 4.69) is 14.7 Å². The molecule has 192 valence electrons. The van der Waals surface area contributed by atoms with Crippen molar-refractivity contribution < 1.29 is 22.7 Å². The first-order valence-electron chi connectivity index (χ1n) is 11.5. The van der Waals surface area contributed by atoms with Gasteiger partial charge in [0.2, 0.25) is 10.0 Å². The molecule has 3 heterocycles. The van der Waals surface area contributed by atoms with Gasteiger partial charge in [-0.2, -0.15) is 5.10 Å². The predicted molar refractivity (Wildman–Crippen MR) is 133 cm³/mol. The summed E-state index contributed by atoms with van der Waals surface area (Å²) in [7, 11) is -4.03. The zero-order chi connectivity index (χ0) is 26.2. The van der Waals surface area contributed by atoms with Gasteiger partial charge in [0.1, 0.15) is 28.6 Å². The number of nitrogens with zero attached hydrogens (tertiary/aromatic N) is 5. The molecule has 0 unspecified atom stereocenters. The summed E-state index contributed by atoms with van der Waals surface area (Å²) in [6, 6.07) is 12.0. The van der Waals surface area contributed by atoms with Gasteiger partial charge < -0.3 is 15.7 Å². The minimum absolute atomic E-state index is 0.0372. The number of benzene rings is 2. The van der Waals surface area contributed by atoms with Gasteiger partial charge >= 0.3 is 6.09 Å². The van der Waals surface area contributed by atoms with Gasteiger partial charge in [-0.05, 0) is 30.5 Å². The number of carbonyl (C=O) groups is 1. The first kappa shape index (κ1) is 24.6. The number of fused-ring (bicyclic) bond motifs is 1. The number of nitrogens with one attached hydrogen (secondary N) is 1. The Labute approximate surface area is 211 Å². The highest BCUT2D eigenvalue weighted by molar-refractivity contribution is 7.89. The molecule has 1 amide bonds. The van der Waals surface area contributed by atoms with E-state index in [4.69, 9.17) is 10.8 Å². The monoisotopic (exact) mass is 525 g/mol. The van der Waals surface area contributed by atoms with Crippen molar-refractivity contribution in [2.75, 3.05) is 18.8 Å². The highest BCUT2D eigenvalue weighted by Gasteiger charge is 2.28. The molecular formula is C24H24FN7O4S. The molecule has 13 heteroatoms. The van der Waals surface area contributed by atoms with Gasteiger partial charge in [-0.3, -0.25) is 0 Å². The molecule has 4 aromatic rings. The van der Waals surface area contributed by atoms with Gasteiger partial charge in [0.25, 0.3) is 0 Å². The third-order valence-corrected chi connectivity index (χ3v) is 7.79. The maximum absolute atomic E-state index is 13.9. The van der Waals surface area contributed by atoms with Crippen LogP contribution in [0.2, 0.25) is 0 Å². The molecule has 37 heavy (non-hydrogen) atoms. The first-order valence-corrected chi connectivity index (χ1v) is 13.0. The molecule has 11 nitrogen and oxygen atoms in total. The quantitative estimate of drug-likeness (QED) is 0.347. The van der Waals surface area contributed by atoms with Crippen LogP contribution in [-0.2, 0) is 16.6 Å². The van der Waals surface area contributed by atoms with Gasteiger partial charge in [0.15, 0.2) is 5.65 Å². The lowest BCUT2D eigenvalue weighted by Gasteiger charge is -2.30. The van der Waals surface area contributed by atoms with Crippen molar-refractivity contribution >= 4 is 33.0 Å². The molecule has 5 rings (SSSR count). The van der Waals surface area contributed by atoms with Crippen molar-refractivity contribution in [3.63, 3.8) is 0 Å². The van der Waals surface area contributed by atoms with E-state index in [1.54, 1.807) is 28.9 Å². The lowest BCUT2D eigenvalue weighted by molar-refractivity contribution is 0.120. The number of likely N-dealkylation sites (tertiary alicyclic amines) is 1. The van der Waals surface area contributed by atoms with Crippen molar-refractivity contribution in [1.82, 2.24) is 29.4 Å². The Morgan fingerprint density at radius 3 is 2.65 bits per heavy atom. The molecule has 0 radical (unpaired) electrons. The van der Waals surface area contributed by atoms with Crippen molar-refractivity contribution in [1.29, 1.82) is 0 Å². The Morgan fingerprint density at radius 2 is 1.92 bits per heavy atom. The van der Waals surface area contributed by atoms with Gasteiger partial charge in [0, 0.05) is 25.2 Å². The number of piperidine rings is 1. The highest BCUT2D eigenvalue weighted by atomic mass is 32.2. The number of sulfonamides is 1. The molecule has 2 aromatic heterocycles. The maximum atomic E-state index is 13.9. The molecule has 1 fully saturated rings. The minimum atomic E-state index is -4.03.